The second-order valence-corrected chi connectivity index (χ2v) is 4.25. The number of hydrogen-bond donors (Lipinski definition) is 1. The summed E-state index contributed by atoms with van der Waals surface area (Å²) in [5.41, 5.74) is 1.36. The molecule has 2 rings (SSSR count). The molecule has 0 aliphatic carbocycles. The molecule has 4 nitrogen and oxygen atoms in total. The summed E-state index contributed by atoms with van der Waals surface area (Å²) >= 11 is 0. The largest absolute Gasteiger partial charge is 0.497 e. The molecular formula is C16H18O4. The third kappa shape index (κ3) is 2.70. The smallest absolute Gasteiger partial charge is 0.128 e. The van der Waals surface area contributed by atoms with Gasteiger partial charge in [-0.25, -0.2) is 0 Å². The third-order valence-corrected chi connectivity index (χ3v) is 3.17. The van der Waals surface area contributed by atoms with Gasteiger partial charge < -0.3 is 19.3 Å². The topological polar surface area (TPSA) is 47.9 Å². The van der Waals surface area contributed by atoms with Crippen LogP contribution in [-0.4, -0.2) is 26.4 Å². The number of aliphatic hydroxyl groups excluding tert-OH is 1. The molecule has 1 unspecified atom stereocenters. The molecule has 0 amide bonds. The van der Waals surface area contributed by atoms with E-state index < -0.39 is 6.10 Å². The molecule has 2 aromatic rings. The van der Waals surface area contributed by atoms with Crippen molar-refractivity contribution in [2.75, 3.05) is 21.3 Å². The maximum absolute atomic E-state index is 10.6. The summed E-state index contributed by atoms with van der Waals surface area (Å²) in [5.74, 6) is 1.89. The first kappa shape index (κ1) is 14.2. The van der Waals surface area contributed by atoms with Gasteiger partial charge in [-0.1, -0.05) is 18.2 Å². The second kappa shape index (κ2) is 6.30. The third-order valence-electron chi connectivity index (χ3n) is 3.17. The molecular weight excluding hydrogens is 256 g/mol. The van der Waals surface area contributed by atoms with Gasteiger partial charge in [0, 0.05) is 17.2 Å². The van der Waals surface area contributed by atoms with E-state index in [0.29, 0.717) is 28.4 Å². The first-order chi connectivity index (χ1) is 9.71. The number of rotatable bonds is 5. The lowest BCUT2D eigenvalue weighted by Crippen LogP contribution is -2.04. The Hall–Kier alpha value is -2.20. The zero-order chi connectivity index (χ0) is 14.5. The van der Waals surface area contributed by atoms with Crippen LogP contribution in [0.5, 0.6) is 17.2 Å². The van der Waals surface area contributed by atoms with E-state index in [0.717, 1.165) is 0 Å². The Bertz CT molecular complexity index is 580. The van der Waals surface area contributed by atoms with Crippen molar-refractivity contribution in [3.8, 4) is 17.2 Å². The van der Waals surface area contributed by atoms with Gasteiger partial charge in [-0.2, -0.15) is 0 Å². The van der Waals surface area contributed by atoms with Crippen LogP contribution >= 0.6 is 0 Å². The van der Waals surface area contributed by atoms with Gasteiger partial charge in [-0.05, 0) is 18.2 Å². The summed E-state index contributed by atoms with van der Waals surface area (Å²) in [7, 11) is 4.73. The fourth-order valence-electron chi connectivity index (χ4n) is 2.10. The average Bonchev–Trinajstić information content (AvgIpc) is 2.53. The highest BCUT2D eigenvalue weighted by Crippen LogP contribution is 2.36. The summed E-state index contributed by atoms with van der Waals surface area (Å²) in [5, 5.41) is 10.6. The lowest BCUT2D eigenvalue weighted by molar-refractivity contribution is 0.209. The van der Waals surface area contributed by atoms with E-state index in [2.05, 4.69) is 0 Å². The SMILES string of the molecule is COc1ccc(C(O)c2ccccc2OC)c(OC)c1. The van der Waals surface area contributed by atoms with Crippen molar-refractivity contribution in [2.45, 2.75) is 6.10 Å². The fraction of sp³-hybridized carbons (Fsp3) is 0.250. The van der Waals surface area contributed by atoms with E-state index in [1.807, 2.05) is 24.3 Å². The highest BCUT2D eigenvalue weighted by molar-refractivity contribution is 5.48. The van der Waals surface area contributed by atoms with E-state index >= 15 is 0 Å². The molecule has 0 saturated carbocycles. The van der Waals surface area contributed by atoms with Gasteiger partial charge in [0.15, 0.2) is 0 Å². The predicted molar refractivity (Wildman–Crippen MR) is 76.6 cm³/mol. The molecule has 20 heavy (non-hydrogen) atoms. The van der Waals surface area contributed by atoms with Crippen molar-refractivity contribution in [3.63, 3.8) is 0 Å². The van der Waals surface area contributed by atoms with Gasteiger partial charge in [0.1, 0.15) is 23.4 Å². The summed E-state index contributed by atoms with van der Waals surface area (Å²) < 4.78 is 15.8. The number of para-hydroxylation sites is 1. The molecule has 0 heterocycles. The fourth-order valence-corrected chi connectivity index (χ4v) is 2.10. The summed E-state index contributed by atoms with van der Waals surface area (Å²) in [6.45, 7) is 0. The molecule has 1 atom stereocenters. The molecule has 0 bridgehead atoms. The maximum Gasteiger partial charge on any atom is 0.128 e. The lowest BCUT2D eigenvalue weighted by atomic mass is 9.99. The number of ether oxygens (including phenoxy) is 3. The van der Waals surface area contributed by atoms with Gasteiger partial charge in [0.05, 0.1) is 21.3 Å². The minimum Gasteiger partial charge on any atom is -0.497 e. The molecule has 0 saturated heterocycles. The quantitative estimate of drug-likeness (QED) is 0.910. The van der Waals surface area contributed by atoms with Gasteiger partial charge in [0.25, 0.3) is 0 Å². The Morgan fingerprint density at radius 2 is 1.45 bits per heavy atom. The van der Waals surface area contributed by atoms with Crippen molar-refractivity contribution in [3.05, 3.63) is 53.6 Å². The van der Waals surface area contributed by atoms with Crippen molar-refractivity contribution in [1.82, 2.24) is 0 Å². The van der Waals surface area contributed by atoms with Crippen LogP contribution in [0.25, 0.3) is 0 Å². The predicted octanol–water partition coefficient (Wildman–Crippen LogP) is 2.79. The van der Waals surface area contributed by atoms with Crippen LogP contribution < -0.4 is 14.2 Å². The average molecular weight is 274 g/mol. The molecule has 0 aliphatic rings. The van der Waals surface area contributed by atoms with Crippen LogP contribution in [0.1, 0.15) is 17.2 Å². The molecule has 0 fully saturated rings. The van der Waals surface area contributed by atoms with Gasteiger partial charge >= 0.3 is 0 Å². The van der Waals surface area contributed by atoms with Crippen molar-refractivity contribution in [1.29, 1.82) is 0 Å². The van der Waals surface area contributed by atoms with Crippen molar-refractivity contribution >= 4 is 0 Å². The minimum absolute atomic E-state index is 0.572. The Morgan fingerprint density at radius 1 is 0.800 bits per heavy atom. The van der Waals surface area contributed by atoms with Gasteiger partial charge in [-0.3, -0.25) is 0 Å². The summed E-state index contributed by atoms with van der Waals surface area (Å²) in [4.78, 5) is 0. The number of hydrogen-bond acceptors (Lipinski definition) is 4. The monoisotopic (exact) mass is 274 g/mol. The van der Waals surface area contributed by atoms with Crippen LogP contribution in [0.3, 0.4) is 0 Å². The zero-order valence-electron chi connectivity index (χ0n) is 11.8. The second-order valence-electron chi connectivity index (χ2n) is 4.25. The van der Waals surface area contributed by atoms with E-state index in [4.69, 9.17) is 14.2 Å². The summed E-state index contributed by atoms with van der Waals surface area (Å²) in [6.07, 6.45) is -0.827. The van der Waals surface area contributed by atoms with Crippen LogP contribution in [0.2, 0.25) is 0 Å². The van der Waals surface area contributed by atoms with Crippen LogP contribution in [0, 0.1) is 0 Å². The molecule has 2 aromatic carbocycles. The Morgan fingerprint density at radius 3 is 2.10 bits per heavy atom. The van der Waals surface area contributed by atoms with Gasteiger partial charge in [0.2, 0.25) is 0 Å². The van der Waals surface area contributed by atoms with E-state index in [-0.39, 0.29) is 0 Å². The summed E-state index contributed by atoms with van der Waals surface area (Å²) in [6, 6.07) is 12.7. The molecule has 4 heteroatoms. The first-order valence-corrected chi connectivity index (χ1v) is 6.24. The Balaban J connectivity index is 2.45. The Labute approximate surface area is 118 Å². The molecule has 0 aromatic heterocycles. The highest BCUT2D eigenvalue weighted by atomic mass is 16.5. The van der Waals surface area contributed by atoms with E-state index in [1.54, 1.807) is 39.5 Å². The van der Waals surface area contributed by atoms with Crippen molar-refractivity contribution in [2.24, 2.45) is 0 Å². The highest BCUT2D eigenvalue weighted by Gasteiger charge is 2.19. The lowest BCUT2D eigenvalue weighted by Gasteiger charge is -2.18. The van der Waals surface area contributed by atoms with Gasteiger partial charge in [-0.15, -0.1) is 0 Å². The standard InChI is InChI=1S/C16H18O4/c1-18-11-8-9-13(15(10-11)20-3)16(17)12-6-4-5-7-14(12)19-2/h4-10,16-17H,1-3H3. The zero-order valence-corrected chi connectivity index (χ0v) is 11.8. The molecule has 106 valence electrons. The van der Waals surface area contributed by atoms with E-state index in [9.17, 15) is 5.11 Å². The minimum atomic E-state index is -0.827. The molecule has 1 N–H and O–H groups in total. The van der Waals surface area contributed by atoms with Crippen LogP contribution in [-0.2, 0) is 0 Å². The molecule has 0 spiro atoms. The van der Waals surface area contributed by atoms with Crippen LogP contribution in [0.15, 0.2) is 42.5 Å². The van der Waals surface area contributed by atoms with Crippen molar-refractivity contribution < 1.29 is 19.3 Å². The van der Waals surface area contributed by atoms with E-state index in [1.165, 1.54) is 0 Å². The number of methoxy groups -OCH3 is 3. The Kier molecular flexibility index (Phi) is 4.48. The molecule has 0 aliphatic heterocycles. The number of benzene rings is 2. The first-order valence-electron chi connectivity index (χ1n) is 6.24. The maximum atomic E-state index is 10.6. The normalized spacial score (nSPS) is 11.8. The van der Waals surface area contributed by atoms with Crippen LogP contribution in [0.4, 0.5) is 0 Å². The number of aliphatic hydroxyl groups is 1. The molecule has 0 radical (unpaired) electrons.